The van der Waals surface area contributed by atoms with Crippen LogP contribution in [0.5, 0.6) is 0 Å². The summed E-state index contributed by atoms with van der Waals surface area (Å²) in [6, 6.07) is 0. The number of piperidine rings is 2. The van der Waals surface area contributed by atoms with Crippen molar-refractivity contribution < 1.29 is 9.59 Å². The Labute approximate surface area is 179 Å². The molecule has 0 spiro atoms. The molecule has 168 valence electrons. The van der Waals surface area contributed by atoms with Crippen LogP contribution < -0.4 is 5.32 Å². The Morgan fingerprint density at radius 2 is 1.45 bits per heavy atom. The molecule has 2 aliphatic heterocycles. The minimum Gasteiger partial charge on any atom is -0.356 e. The van der Waals surface area contributed by atoms with Crippen LogP contribution in [-0.2, 0) is 9.59 Å². The topological polar surface area (TPSA) is 52.7 Å². The molecule has 1 N–H and O–H groups in total. The van der Waals surface area contributed by atoms with Gasteiger partial charge in [-0.25, -0.2) is 0 Å². The summed E-state index contributed by atoms with van der Waals surface area (Å²) in [5.41, 5.74) is 0.521. The van der Waals surface area contributed by atoms with Crippen molar-refractivity contribution in [1.82, 2.24) is 15.1 Å². The Kier molecular flexibility index (Phi) is 8.57. The average Bonchev–Trinajstić information content (AvgIpc) is 2.63. The van der Waals surface area contributed by atoms with E-state index in [9.17, 15) is 9.59 Å². The molecular formula is C24H45N3O2. The molecule has 5 heteroatoms. The average molecular weight is 408 g/mol. The van der Waals surface area contributed by atoms with Gasteiger partial charge in [0.25, 0.3) is 0 Å². The van der Waals surface area contributed by atoms with Gasteiger partial charge in [0.2, 0.25) is 11.8 Å². The van der Waals surface area contributed by atoms with Crippen LogP contribution in [-0.4, -0.2) is 60.9 Å². The van der Waals surface area contributed by atoms with Crippen LogP contribution in [0.25, 0.3) is 0 Å². The maximum Gasteiger partial charge on any atom is 0.225 e. The zero-order valence-corrected chi connectivity index (χ0v) is 19.9. The van der Waals surface area contributed by atoms with Crippen LogP contribution in [0.15, 0.2) is 0 Å². The molecule has 0 aromatic carbocycles. The highest BCUT2D eigenvalue weighted by atomic mass is 16.2. The van der Waals surface area contributed by atoms with E-state index in [1.807, 2.05) is 0 Å². The number of amides is 2. The molecule has 29 heavy (non-hydrogen) atoms. The van der Waals surface area contributed by atoms with Gasteiger partial charge < -0.3 is 15.1 Å². The number of carbonyl (C=O) groups is 2. The van der Waals surface area contributed by atoms with Gasteiger partial charge in [0, 0.05) is 38.5 Å². The number of rotatable bonds is 6. The van der Waals surface area contributed by atoms with Gasteiger partial charge in [-0.1, -0.05) is 41.5 Å². The van der Waals surface area contributed by atoms with E-state index >= 15 is 0 Å². The molecule has 0 aromatic rings. The van der Waals surface area contributed by atoms with Gasteiger partial charge in [-0.2, -0.15) is 0 Å². The monoisotopic (exact) mass is 407 g/mol. The van der Waals surface area contributed by atoms with Crippen LogP contribution in [0.2, 0.25) is 0 Å². The lowest BCUT2D eigenvalue weighted by Gasteiger charge is -2.38. The van der Waals surface area contributed by atoms with Gasteiger partial charge in [0.1, 0.15) is 0 Å². The number of likely N-dealkylation sites (tertiary alicyclic amines) is 2. The third-order valence-corrected chi connectivity index (χ3v) is 6.25. The molecule has 2 rings (SSSR count). The van der Waals surface area contributed by atoms with Crippen LogP contribution in [0.1, 0.15) is 80.1 Å². The van der Waals surface area contributed by atoms with E-state index in [2.05, 4.69) is 56.7 Å². The van der Waals surface area contributed by atoms with Crippen molar-refractivity contribution in [1.29, 1.82) is 0 Å². The van der Waals surface area contributed by atoms with Crippen molar-refractivity contribution in [2.75, 3.05) is 39.3 Å². The number of hydrogen-bond donors (Lipinski definition) is 1. The van der Waals surface area contributed by atoms with E-state index in [1.54, 1.807) is 0 Å². The standard InChI is InChI=1S/C24H45N3O2/c1-23(2,3)12-7-21(28)25-17-19-8-15-27(16-9-19)22(29)20-10-13-26(14-11-20)18-24(4,5)6/h19-20H,7-18H2,1-6H3,(H,25,28). The summed E-state index contributed by atoms with van der Waals surface area (Å²) in [4.78, 5) is 29.6. The number of hydrogen-bond acceptors (Lipinski definition) is 3. The predicted molar refractivity (Wildman–Crippen MR) is 120 cm³/mol. The number of nitrogens with zero attached hydrogens (tertiary/aromatic N) is 2. The fourth-order valence-corrected chi connectivity index (χ4v) is 4.46. The van der Waals surface area contributed by atoms with Gasteiger partial charge in [0.05, 0.1) is 0 Å². The van der Waals surface area contributed by atoms with Crippen LogP contribution in [0.3, 0.4) is 0 Å². The summed E-state index contributed by atoms with van der Waals surface area (Å²) in [7, 11) is 0. The molecule has 0 bridgehead atoms. The fraction of sp³-hybridized carbons (Fsp3) is 0.917. The minimum atomic E-state index is 0.167. The molecule has 0 aromatic heterocycles. The quantitative estimate of drug-likeness (QED) is 0.726. The largest absolute Gasteiger partial charge is 0.356 e. The van der Waals surface area contributed by atoms with E-state index in [0.717, 1.165) is 71.4 Å². The molecule has 0 saturated carbocycles. The Balaban J connectivity index is 1.65. The zero-order chi connectivity index (χ0) is 21.7. The molecule has 2 fully saturated rings. The highest BCUT2D eigenvalue weighted by Gasteiger charge is 2.31. The normalized spacial score (nSPS) is 20.7. The maximum atomic E-state index is 12.9. The smallest absolute Gasteiger partial charge is 0.225 e. The zero-order valence-electron chi connectivity index (χ0n) is 19.9. The van der Waals surface area contributed by atoms with Crippen LogP contribution in [0.4, 0.5) is 0 Å². The lowest BCUT2D eigenvalue weighted by atomic mass is 9.90. The number of nitrogens with one attached hydrogen (secondary N) is 1. The summed E-state index contributed by atoms with van der Waals surface area (Å²) in [5, 5.41) is 3.11. The predicted octanol–water partition coefficient (Wildman–Crippen LogP) is 3.93. The second-order valence-corrected chi connectivity index (χ2v) is 11.7. The Bertz CT molecular complexity index is 531. The second kappa shape index (κ2) is 10.3. The fourth-order valence-electron chi connectivity index (χ4n) is 4.46. The second-order valence-electron chi connectivity index (χ2n) is 11.7. The lowest BCUT2D eigenvalue weighted by Crippen LogP contribution is -2.47. The van der Waals surface area contributed by atoms with E-state index in [0.29, 0.717) is 23.7 Å². The number of carbonyl (C=O) groups excluding carboxylic acids is 2. The first-order valence-electron chi connectivity index (χ1n) is 11.7. The van der Waals surface area contributed by atoms with E-state index in [1.165, 1.54) is 0 Å². The highest BCUT2D eigenvalue weighted by molar-refractivity contribution is 5.79. The SMILES string of the molecule is CC(C)(C)CCC(=O)NCC1CCN(C(=O)C2CCN(CC(C)(C)C)CC2)CC1. The summed E-state index contributed by atoms with van der Waals surface area (Å²) < 4.78 is 0. The van der Waals surface area contributed by atoms with Crippen molar-refractivity contribution in [3.8, 4) is 0 Å². The van der Waals surface area contributed by atoms with Crippen molar-refractivity contribution in [3.63, 3.8) is 0 Å². The third kappa shape index (κ3) is 9.06. The van der Waals surface area contributed by atoms with Gasteiger partial charge in [-0.15, -0.1) is 0 Å². The van der Waals surface area contributed by atoms with E-state index in [-0.39, 0.29) is 17.2 Å². The minimum absolute atomic E-state index is 0.167. The summed E-state index contributed by atoms with van der Waals surface area (Å²) >= 11 is 0. The first kappa shape index (κ1) is 24.2. The maximum absolute atomic E-state index is 12.9. The van der Waals surface area contributed by atoms with Crippen molar-refractivity contribution >= 4 is 11.8 Å². The summed E-state index contributed by atoms with van der Waals surface area (Å²) in [6.07, 6.45) is 5.54. The Morgan fingerprint density at radius 3 is 1.97 bits per heavy atom. The Morgan fingerprint density at radius 1 is 0.862 bits per heavy atom. The van der Waals surface area contributed by atoms with E-state index < -0.39 is 0 Å². The van der Waals surface area contributed by atoms with Crippen molar-refractivity contribution in [2.45, 2.75) is 80.1 Å². The molecule has 0 atom stereocenters. The first-order valence-corrected chi connectivity index (χ1v) is 11.7. The molecule has 0 radical (unpaired) electrons. The van der Waals surface area contributed by atoms with Gasteiger partial charge in [-0.05, 0) is 61.9 Å². The first-order chi connectivity index (χ1) is 13.4. The summed E-state index contributed by atoms with van der Waals surface area (Å²) in [6.45, 7) is 19.0. The van der Waals surface area contributed by atoms with Gasteiger partial charge in [-0.3, -0.25) is 9.59 Å². The molecule has 0 unspecified atom stereocenters. The molecule has 2 aliphatic rings. The molecule has 5 nitrogen and oxygen atoms in total. The van der Waals surface area contributed by atoms with Gasteiger partial charge >= 0.3 is 0 Å². The Hall–Kier alpha value is -1.10. The summed E-state index contributed by atoms with van der Waals surface area (Å²) in [5.74, 6) is 1.25. The van der Waals surface area contributed by atoms with Crippen molar-refractivity contribution in [3.05, 3.63) is 0 Å². The van der Waals surface area contributed by atoms with Gasteiger partial charge in [0.15, 0.2) is 0 Å². The molecule has 2 saturated heterocycles. The lowest BCUT2D eigenvalue weighted by molar-refractivity contribution is -0.138. The molecule has 0 aliphatic carbocycles. The highest BCUT2D eigenvalue weighted by Crippen LogP contribution is 2.26. The van der Waals surface area contributed by atoms with Crippen molar-refractivity contribution in [2.24, 2.45) is 22.7 Å². The third-order valence-electron chi connectivity index (χ3n) is 6.25. The molecule has 2 heterocycles. The van der Waals surface area contributed by atoms with Crippen LogP contribution >= 0.6 is 0 Å². The molecule has 2 amide bonds. The van der Waals surface area contributed by atoms with E-state index in [4.69, 9.17) is 0 Å². The molecular weight excluding hydrogens is 362 g/mol. The van der Waals surface area contributed by atoms with Crippen LogP contribution in [0, 0.1) is 22.7 Å².